The first kappa shape index (κ1) is 18.9. The number of rotatable bonds is 5. The number of likely N-dealkylation sites (tertiary alicyclic amines) is 2. The van der Waals surface area contributed by atoms with Crippen LogP contribution in [0.1, 0.15) is 50.3 Å². The third kappa shape index (κ3) is 2.64. The van der Waals surface area contributed by atoms with Crippen LogP contribution in [0.2, 0.25) is 0 Å². The number of amides is 2. The molecule has 7 nitrogen and oxygen atoms in total. The monoisotopic (exact) mass is 424 g/mol. The summed E-state index contributed by atoms with van der Waals surface area (Å²) >= 11 is 0. The maximum atomic E-state index is 13.1. The first-order chi connectivity index (χ1) is 14.2. The third-order valence-corrected chi connectivity index (χ3v) is 8.57. The lowest BCUT2D eigenvalue weighted by Crippen LogP contribution is -2.74. The molecule has 30 heavy (non-hydrogen) atoms. The zero-order valence-electron chi connectivity index (χ0n) is 16.8. The molecule has 164 valence electrons. The first-order valence-electron chi connectivity index (χ1n) is 10.9. The number of urea groups is 1. The van der Waals surface area contributed by atoms with Gasteiger partial charge in [0, 0.05) is 38.6 Å². The number of aromatic nitrogens is 3. The number of carbonyl (C=O) groups is 1. The third-order valence-electron chi connectivity index (χ3n) is 8.57. The Morgan fingerprint density at radius 3 is 2.53 bits per heavy atom. The van der Waals surface area contributed by atoms with Crippen molar-refractivity contribution >= 4 is 6.03 Å². The predicted octanol–water partition coefficient (Wildman–Crippen LogP) is 2.50. The van der Waals surface area contributed by atoms with Crippen molar-refractivity contribution in [1.29, 1.82) is 0 Å². The molecular weight excluding hydrogens is 397 g/mol. The van der Waals surface area contributed by atoms with Crippen LogP contribution in [0.25, 0.3) is 0 Å². The molecule has 2 bridgehead atoms. The van der Waals surface area contributed by atoms with E-state index in [1.54, 1.807) is 0 Å². The van der Waals surface area contributed by atoms with Gasteiger partial charge in [0.15, 0.2) is 0 Å². The molecule has 2 aliphatic heterocycles. The van der Waals surface area contributed by atoms with E-state index < -0.39 is 11.7 Å². The Morgan fingerprint density at radius 2 is 1.93 bits per heavy atom. The van der Waals surface area contributed by atoms with Gasteiger partial charge < -0.3 is 15.1 Å². The Kier molecular flexibility index (Phi) is 3.71. The van der Waals surface area contributed by atoms with Gasteiger partial charge in [-0.2, -0.15) is 18.3 Å². The summed E-state index contributed by atoms with van der Waals surface area (Å²) in [5.74, 6) is 1.58. The molecule has 6 aliphatic rings. The van der Waals surface area contributed by atoms with Crippen molar-refractivity contribution in [2.24, 2.45) is 16.7 Å². The van der Waals surface area contributed by atoms with Gasteiger partial charge in [0.05, 0.1) is 0 Å². The number of alkyl halides is 3. The van der Waals surface area contributed by atoms with Crippen LogP contribution in [0.4, 0.5) is 18.0 Å². The molecule has 1 aromatic heterocycles. The molecule has 10 heteroatoms. The van der Waals surface area contributed by atoms with Crippen LogP contribution in [-0.2, 0) is 0 Å². The van der Waals surface area contributed by atoms with Crippen molar-refractivity contribution in [3.05, 3.63) is 12.2 Å². The zero-order valence-corrected chi connectivity index (χ0v) is 16.8. The number of H-pyrrole nitrogens is 1. The van der Waals surface area contributed by atoms with Gasteiger partial charge in [-0.25, -0.2) is 9.78 Å². The van der Waals surface area contributed by atoms with E-state index >= 15 is 0 Å². The van der Waals surface area contributed by atoms with E-state index in [2.05, 4.69) is 20.5 Å². The highest BCUT2D eigenvalue weighted by Gasteiger charge is 2.72. The summed E-state index contributed by atoms with van der Waals surface area (Å²) in [5.41, 5.74) is -1.25. The maximum absolute atomic E-state index is 13.1. The molecule has 2 saturated heterocycles. The number of carbonyl (C=O) groups excluding carboxylic acids is 1. The molecule has 3 heterocycles. The van der Waals surface area contributed by atoms with Crippen LogP contribution in [0.5, 0.6) is 0 Å². The van der Waals surface area contributed by atoms with Crippen molar-refractivity contribution in [2.45, 2.75) is 56.2 Å². The number of nitrogens with zero attached hydrogens (tertiary/aromatic N) is 4. The SMILES string of the molecule is O=C(N1CC(C23CC(CNC4(C(F)(F)F)CC4)(C2)C3)C1)N1CC[C@H](c2ncn[nH]2)C1. The van der Waals surface area contributed by atoms with Crippen molar-refractivity contribution in [3.8, 4) is 0 Å². The van der Waals surface area contributed by atoms with Crippen molar-refractivity contribution < 1.29 is 18.0 Å². The van der Waals surface area contributed by atoms with Crippen LogP contribution < -0.4 is 5.32 Å². The van der Waals surface area contributed by atoms with Crippen LogP contribution in [0, 0.1) is 16.7 Å². The van der Waals surface area contributed by atoms with Crippen molar-refractivity contribution in [3.63, 3.8) is 0 Å². The highest BCUT2D eigenvalue weighted by Crippen LogP contribution is 2.77. The van der Waals surface area contributed by atoms with E-state index in [9.17, 15) is 18.0 Å². The molecule has 4 saturated carbocycles. The van der Waals surface area contributed by atoms with Crippen LogP contribution in [0.15, 0.2) is 6.33 Å². The smallest absolute Gasteiger partial charge is 0.324 e. The summed E-state index contributed by atoms with van der Waals surface area (Å²) in [6, 6.07) is 0.108. The lowest BCUT2D eigenvalue weighted by molar-refractivity contribution is -0.256. The van der Waals surface area contributed by atoms with Gasteiger partial charge in [-0.15, -0.1) is 0 Å². The molecule has 4 aliphatic carbocycles. The molecular formula is C20H27F3N6O. The van der Waals surface area contributed by atoms with Crippen LogP contribution in [-0.4, -0.2) is 75.5 Å². The van der Waals surface area contributed by atoms with Crippen LogP contribution >= 0.6 is 0 Å². The van der Waals surface area contributed by atoms with Gasteiger partial charge >= 0.3 is 12.2 Å². The number of aromatic amines is 1. The number of halogens is 3. The molecule has 1 atom stereocenters. The Hall–Kier alpha value is -1.84. The fourth-order valence-electron chi connectivity index (χ4n) is 6.54. The normalized spacial score (nSPS) is 36.8. The molecule has 7 rings (SSSR count). The predicted molar refractivity (Wildman–Crippen MR) is 101 cm³/mol. The molecule has 1 aromatic rings. The second kappa shape index (κ2) is 5.89. The zero-order chi connectivity index (χ0) is 20.8. The summed E-state index contributed by atoms with van der Waals surface area (Å²) in [5, 5.41) is 9.65. The van der Waals surface area contributed by atoms with E-state index in [-0.39, 0.29) is 35.6 Å². The molecule has 0 unspecified atom stereocenters. The molecule has 6 fully saturated rings. The summed E-state index contributed by atoms with van der Waals surface area (Å²) in [7, 11) is 0. The minimum absolute atomic E-state index is 0.0739. The Balaban J connectivity index is 0.961. The fraction of sp³-hybridized carbons (Fsp3) is 0.850. The van der Waals surface area contributed by atoms with Gasteiger partial charge in [-0.3, -0.25) is 5.10 Å². The largest absolute Gasteiger partial charge is 0.406 e. The Labute approximate surface area is 172 Å². The van der Waals surface area contributed by atoms with Gasteiger partial charge in [0.25, 0.3) is 0 Å². The topological polar surface area (TPSA) is 77.2 Å². The van der Waals surface area contributed by atoms with Gasteiger partial charge in [0.1, 0.15) is 17.7 Å². The second-order valence-corrected chi connectivity index (χ2v) is 10.5. The van der Waals surface area contributed by atoms with E-state index in [4.69, 9.17) is 0 Å². The first-order valence-corrected chi connectivity index (χ1v) is 10.9. The van der Waals surface area contributed by atoms with Crippen molar-refractivity contribution in [2.75, 3.05) is 32.7 Å². The summed E-state index contributed by atoms with van der Waals surface area (Å²) < 4.78 is 39.3. The summed E-state index contributed by atoms with van der Waals surface area (Å²) in [6.45, 7) is 3.49. The average molecular weight is 424 g/mol. The lowest BCUT2D eigenvalue weighted by atomic mass is 9.31. The number of hydrogen-bond acceptors (Lipinski definition) is 4. The molecule has 0 radical (unpaired) electrons. The summed E-state index contributed by atoms with van der Waals surface area (Å²) in [4.78, 5) is 20.8. The Morgan fingerprint density at radius 1 is 1.20 bits per heavy atom. The quantitative estimate of drug-likeness (QED) is 0.762. The molecule has 2 N–H and O–H groups in total. The molecule has 0 aromatic carbocycles. The minimum Gasteiger partial charge on any atom is -0.324 e. The molecule has 2 amide bonds. The second-order valence-electron chi connectivity index (χ2n) is 10.5. The number of nitrogens with one attached hydrogen (secondary N) is 2. The minimum atomic E-state index is -4.13. The average Bonchev–Trinajstić information content (AvgIpc) is 3.03. The van der Waals surface area contributed by atoms with E-state index in [1.807, 2.05) is 9.80 Å². The highest BCUT2D eigenvalue weighted by molar-refractivity contribution is 5.76. The standard InChI is InChI=1S/C20H27F3N6O/c21-20(22,23)19(2-3-19)25-11-17-8-18(9-17,10-17)14-6-29(7-14)16(30)28-4-1-13(5-28)15-24-12-26-27-15/h12-14,25H,1-11H2,(H,24,26,27)/t13-,17?,18?/m0/s1. The van der Waals surface area contributed by atoms with E-state index in [1.165, 1.54) is 6.33 Å². The summed E-state index contributed by atoms with van der Waals surface area (Å²) in [6.07, 6.45) is 1.75. The van der Waals surface area contributed by atoms with E-state index in [0.29, 0.717) is 19.0 Å². The fourth-order valence-corrected chi connectivity index (χ4v) is 6.54. The van der Waals surface area contributed by atoms with Crippen LogP contribution in [0.3, 0.4) is 0 Å². The van der Waals surface area contributed by atoms with Gasteiger partial charge in [0.2, 0.25) is 0 Å². The molecule has 0 spiro atoms. The van der Waals surface area contributed by atoms with Gasteiger partial charge in [-0.1, -0.05) is 0 Å². The highest BCUT2D eigenvalue weighted by atomic mass is 19.4. The maximum Gasteiger partial charge on any atom is 0.406 e. The lowest BCUT2D eigenvalue weighted by Gasteiger charge is -2.76. The van der Waals surface area contributed by atoms with E-state index in [0.717, 1.165) is 51.1 Å². The Bertz CT molecular complexity index is 825. The number of hydrogen-bond donors (Lipinski definition) is 2. The van der Waals surface area contributed by atoms with Crippen molar-refractivity contribution in [1.82, 2.24) is 30.3 Å². The van der Waals surface area contributed by atoms with Gasteiger partial charge in [-0.05, 0) is 55.3 Å².